The maximum Gasteiger partial charge on any atom is 0.244 e. The highest BCUT2D eigenvalue weighted by Gasteiger charge is 2.25. The van der Waals surface area contributed by atoms with Gasteiger partial charge in [-0.05, 0) is 37.3 Å². The number of rotatable bonds is 4. The molecule has 2 rings (SSSR count). The first kappa shape index (κ1) is 14.3. The number of nitrogens with zero attached hydrogens (tertiary/aromatic N) is 1. The summed E-state index contributed by atoms with van der Waals surface area (Å²) in [6, 6.07) is 7.53. The largest absolute Gasteiger partial charge is 0.381 e. The molecule has 1 N–H and O–H groups in total. The summed E-state index contributed by atoms with van der Waals surface area (Å²) in [5.41, 5.74) is 0.718. The Morgan fingerprint density at radius 2 is 1.89 bits per heavy atom. The fraction of sp³-hybridized carbons (Fsp3) is 0.571. The number of hydrogen-bond donors (Lipinski definition) is 1. The molecule has 0 aromatic heterocycles. The summed E-state index contributed by atoms with van der Waals surface area (Å²) in [4.78, 5) is 0.361. The van der Waals surface area contributed by atoms with Crippen LogP contribution < -0.4 is 5.32 Å². The van der Waals surface area contributed by atoms with Crippen molar-refractivity contribution in [2.75, 3.05) is 19.4 Å². The predicted molar refractivity (Wildman–Crippen MR) is 77.7 cm³/mol. The minimum absolute atomic E-state index is 0.361. The second-order valence-corrected chi connectivity index (χ2v) is 7.66. The topological polar surface area (TPSA) is 49.4 Å². The molecule has 0 bridgehead atoms. The van der Waals surface area contributed by atoms with Crippen LogP contribution in [0.3, 0.4) is 0 Å². The maximum atomic E-state index is 12.3. The Kier molecular flexibility index (Phi) is 4.16. The smallest absolute Gasteiger partial charge is 0.244 e. The molecule has 1 aliphatic rings. The van der Waals surface area contributed by atoms with E-state index in [0.29, 0.717) is 10.9 Å². The van der Waals surface area contributed by atoms with Crippen molar-refractivity contribution in [1.82, 2.24) is 4.31 Å². The lowest BCUT2D eigenvalue weighted by atomic mass is 10.1. The average molecular weight is 282 g/mol. The highest BCUT2D eigenvalue weighted by Crippen LogP contribution is 2.30. The zero-order chi connectivity index (χ0) is 14.0. The van der Waals surface area contributed by atoms with Crippen molar-refractivity contribution in [3.05, 3.63) is 24.3 Å². The Morgan fingerprint density at radius 1 is 1.21 bits per heavy atom. The molecule has 0 spiro atoms. The first-order valence-corrected chi connectivity index (χ1v) is 8.13. The molecule has 106 valence electrons. The highest BCUT2D eigenvalue weighted by atomic mass is 32.2. The normalized spacial score (nSPS) is 23.8. The Balaban J connectivity index is 2.27. The minimum atomic E-state index is -3.39. The molecule has 1 aromatic carbocycles. The van der Waals surface area contributed by atoms with Crippen molar-refractivity contribution >= 4 is 15.7 Å². The fourth-order valence-electron chi connectivity index (χ4n) is 2.57. The van der Waals surface area contributed by atoms with Gasteiger partial charge in [0.05, 0.1) is 5.69 Å². The number of sulfonamides is 1. The SMILES string of the molecule is CC1CCC(Nc2ccccc2S(=O)(=O)N(C)C)C1. The summed E-state index contributed by atoms with van der Waals surface area (Å²) in [7, 11) is -0.273. The molecule has 2 unspecified atom stereocenters. The van der Waals surface area contributed by atoms with Crippen LogP contribution in [0.15, 0.2) is 29.2 Å². The Morgan fingerprint density at radius 3 is 2.47 bits per heavy atom. The summed E-state index contributed by atoms with van der Waals surface area (Å²) in [6.45, 7) is 2.24. The zero-order valence-corrected chi connectivity index (χ0v) is 12.6. The average Bonchev–Trinajstić information content (AvgIpc) is 2.75. The highest BCUT2D eigenvalue weighted by molar-refractivity contribution is 7.89. The molecule has 1 fully saturated rings. The third-order valence-electron chi connectivity index (χ3n) is 3.70. The molecule has 0 saturated heterocycles. The van der Waals surface area contributed by atoms with Gasteiger partial charge in [0, 0.05) is 20.1 Å². The van der Waals surface area contributed by atoms with Gasteiger partial charge in [0.15, 0.2) is 0 Å². The number of para-hydroxylation sites is 1. The zero-order valence-electron chi connectivity index (χ0n) is 11.8. The van der Waals surface area contributed by atoms with Gasteiger partial charge in [-0.3, -0.25) is 0 Å². The van der Waals surface area contributed by atoms with Gasteiger partial charge in [-0.25, -0.2) is 12.7 Å². The van der Waals surface area contributed by atoms with Crippen LogP contribution in [0.2, 0.25) is 0 Å². The summed E-state index contributed by atoms with van der Waals surface area (Å²) in [5.74, 6) is 0.718. The summed E-state index contributed by atoms with van der Waals surface area (Å²) >= 11 is 0. The van der Waals surface area contributed by atoms with Crippen LogP contribution in [0.25, 0.3) is 0 Å². The number of hydrogen-bond acceptors (Lipinski definition) is 3. The van der Waals surface area contributed by atoms with Gasteiger partial charge < -0.3 is 5.32 Å². The third-order valence-corrected chi connectivity index (χ3v) is 5.57. The van der Waals surface area contributed by atoms with E-state index in [1.54, 1.807) is 26.2 Å². The number of anilines is 1. The number of nitrogens with one attached hydrogen (secondary N) is 1. The fourth-order valence-corrected chi connectivity index (χ4v) is 3.61. The second kappa shape index (κ2) is 5.51. The lowest BCUT2D eigenvalue weighted by Crippen LogP contribution is -2.25. The molecule has 5 heteroatoms. The third kappa shape index (κ3) is 3.09. The molecule has 19 heavy (non-hydrogen) atoms. The molecule has 0 heterocycles. The molecule has 1 aliphatic carbocycles. The van der Waals surface area contributed by atoms with Gasteiger partial charge in [-0.1, -0.05) is 19.1 Å². The standard InChI is InChI=1S/C14H22N2O2S/c1-11-8-9-12(10-11)15-13-6-4-5-7-14(13)19(17,18)16(2)3/h4-7,11-12,15H,8-10H2,1-3H3. The van der Waals surface area contributed by atoms with E-state index in [9.17, 15) is 8.42 Å². The van der Waals surface area contributed by atoms with Gasteiger partial charge >= 0.3 is 0 Å². The molecule has 1 saturated carbocycles. The van der Waals surface area contributed by atoms with Crippen molar-refractivity contribution in [3.63, 3.8) is 0 Å². The molecule has 0 aliphatic heterocycles. The Bertz CT molecular complexity index is 540. The van der Waals surface area contributed by atoms with Crippen molar-refractivity contribution in [3.8, 4) is 0 Å². The number of benzene rings is 1. The molecule has 0 radical (unpaired) electrons. The van der Waals surface area contributed by atoms with Crippen LogP contribution in [0.4, 0.5) is 5.69 Å². The van der Waals surface area contributed by atoms with E-state index in [0.717, 1.165) is 24.4 Å². The lowest BCUT2D eigenvalue weighted by molar-refractivity contribution is 0.521. The van der Waals surface area contributed by atoms with Crippen LogP contribution in [0.1, 0.15) is 26.2 Å². The second-order valence-electron chi connectivity index (χ2n) is 5.54. The molecule has 0 amide bonds. The first-order chi connectivity index (χ1) is 8.91. The molecule has 4 nitrogen and oxygen atoms in total. The van der Waals surface area contributed by atoms with Crippen molar-refractivity contribution < 1.29 is 8.42 Å². The van der Waals surface area contributed by atoms with Crippen LogP contribution >= 0.6 is 0 Å². The van der Waals surface area contributed by atoms with E-state index in [4.69, 9.17) is 0 Å². The first-order valence-electron chi connectivity index (χ1n) is 6.69. The van der Waals surface area contributed by atoms with E-state index in [1.807, 2.05) is 12.1 Å². The van der Waals surface area contributed by atoms with Crippen LogP contribution in [-0.4, -0.2) is 32.9 Å². The van der Waals surface area contributed by atoms with E-state index in [-0.39, 0.29) is 0 Å². The summed E-state index contributed by atoms with van der Waals surface area (Å²) in [5, 5.41) is 3.40. The summed E-state index contributed by atoms with van der Waals surface area (Å²) < 4.78 is 25.8. The van der Waals surface area contributed by atoms with Crippen molar-refractivity contribution in [2.24, 2.45) is 5.92 Å². The van der Waals surface area contributed by atoms with E-state index < -0.39 is 10.0 Å². The molecule has 1 aromatic rings. The van der Waals surface area contributed by atoms with Crippen molar-refractivity contribution in [2.45, 2.75) is 37.1 Å². The van der Waals surface area contributed by atoms with Gasteiger partial charge in [0.25, 0.3) is 0 Å². The van der Waals surface area contributed by atoms with Gasteiger partial charge in [0.1, 0.15) is 4.90 Å². The lowest BCUT2D eigenvalue weighted by Gasteiger charge is -2.19. The summed E-state index contributed by atoms with van der Waals surface area (Å²) in [6.07, 6.45) is 3.42. The maximum absolute atomic E-state index is 12.3. The van der Waals surface area contributed by atoms with Gasteiger partial charge in [-0.2, -0.15) is 0 Å². The molecular weight excluding hydrogens is 260 g/mol. The van der Waals surface area contributed by atoms with Crippen LogP contribution in [-0.2, 0) is 10.0 Å². The quantitative estimate of drug-likeness (QED) is 0.923. The minimum Gasteiger partial charge on any atom is -0.381 e. The van der Waals surface area contributed by atoms with E-state index in [1.165, 1.54) is 10.7 Å². The molecule has 2 atom stereocenters. The van der Waals surface area contributed by atoms with E-state index in [2.05, 4.69) is 12.2 Å². The van der Waals surface area contributed by atoms with Crippen LogP contribution in [0, 0.1) is 5.92 Å². The predicted octanol–water partition coefficient (Wildman–Crippen LogP) is 2.54. The van der Waals surface area contributed by atoms with Crippen LogP contribution in [0.5, 0.6) is 0 Å². The van der Waals surface area contributed by atoms with Gasteiger partial charge in [-0.15, -0.1) is 0 Å². The Hall–Kier alpha value is -1.07. The monoisotopic (exact) mass is 282 g/mol. The van der Waals surface area contributed by atoms with Gasteiger partial charge in [0.2, 0.25) is 10.0 Å². The van der Waals surface area contributed by atoms with Crippen molar-refractivity contribution in [1.29, 1.82) is 0 Å². The Labute approximate surface area is 115 Å². The molecular formula is C14H22N2O2S. The van der Waals surface area contributed by atoms with E-state index >= 15 is 0 Å².